The van der Waals surface area contributed by atoms with Crippen molar-refractivity contribution in [1.82, 2.24) is 5.32 Å². The molecule has 1 aliphatic carbocycles. The van der Waals surface area contributed by atoms with Crippen molar-refractivity contribution >= 4 is 0 Å². The lowest BCUT2D eigenvalue weighted by Gasteiger charge is -2.11. The lowest BCUT2D eigenvalue weighted by Crippen LogP contribution is -2.14. The molecule has 0 bridgehead atoms. The van der Waals surface area contributed by atoms with Gasteiger partial charge in [-0.25, -0.2) is 0 Å². The van der Waals surface area contributed by atoms with E-state index in [1.165, 1.54) is 31.2 Å². The minimum absolute atomic E-state index is 0.637. The summed E-state index contributed by atoms with van der Waals surface area (Å²) in [6.07, 6.45) is 6.60. The van der Waals surface area contributed by atoms with Crippen LogP contribution in [-0.4, -0.2) is 26.4 Å². The Morgan fingerprint density at radius 3 is 2.86 bits per heavy atom. The van der Waals surface area contributed by atoms with Crippen LogP contribution >= 0.6 is 0 Å². The van der Waals surface area contributed by atoms with Crippen LogP contribution in [0.15, 0.2) is 24.3 Å². The Hall–Kier alpha value is -1.06. The standard InChI is InChI=1S/C18H29NO2/c1-2-10-19-14-17-8-5-9-18(13-17)21-12-11-20-15-16-6-3-4-7-16/h5,8-9,13,16,19H,2-4,6-7,10-12,14-15H2,1H3. The number of ether oxygens (including phenoxy) is 2. The van der Waals surface area contributed by atoms with E-state index >= 15 is 0 Å². The van der Waals surface area contributed by atoms with Crippen molar-refractivity contribution < 1.29 is 9.47 Å². The van der Waals surface area contributed by atoms with E-state index in [0.29, 0.717) is 13.2 Å². The SMILES string of the molecule is CCCNCc1cccc(OCCOCC2CCCC2)c1. The van der Waals surface area contributed by atoms with Gasteiger partial charge >= 0.3 is 0 Å². The van der Waals surface area contributed by atoms with Crippen LogP contribution in [0.25, 0.3) is 0 Å². The molecule has 1 saturated carbocycles. The van der Waals surface area contributed by atoms with Gasteiger partial charge in [0, 0.05) is 13.2 Å². The minimum atomic E-state index is 0.637. The Balaban J connectivity index is 1.59. The van der Waals surface area contributed by atoms with Crippen molar-refractivity contribution in [3.8, 4) is 5.75 Å². The predicted molar refractivity (Wildman–Crippen MR) is 86.7 cm³/mol. The summed E-state index contributed by atoms with van der Waals surface area (Å²) in [7, 11) is 0. The lowest BCUT2D eigenvalue weighted by atomic mass is 10.1. The third-order valence-electron chi connectivity index (χ3n) is 3.98. The number of hydrogen-bond acceptors (Lipinski definition) is 3. The smallest absolute Gasteiger partial charge is 0.119 e. The van der Waals surface area contributed by atoms with Crippen molar-refractivity contribution in [3.63, 3.8) is 0 Å². The largest absolute Gasteiger partial charge is 0.491 e. The molecule has 0 spiro atoms. The molecule has 118 valence electrons. The number of nitrogens with one attached hydrogen (secondary N) is 1. The molecule has 2 rings (SSSR count). The Bertz CT molecular complexity index is 389. The molecule has 0 heterocycles. The van der Waals surface area contributed by atoms with Gasteiger partial charge < -0.3 is 14.8 Å². The van der Waals surface area contributed by atoms with E-state index < -0.39 is 0 Å². The fraction of sp³-hybridized carbons (Fsp3) is 0.667. The maximum atomic E-state index is 5.76. The van der Waals surface area contributed by atoms with Gasteiger partial charge in [-0.05, 0) is 49.4 Å². The van der Waals surface area contributed by atoms with Crippen molar-refractivity contribution in [3.05, 3.63) is 29.8 Å². The van der Waals surface area contributed by atoms with E-state index in [2.05, 4.69) is 30.4 Å². The quantitative estimate of drug-likeness (QED) is 0.666. The van der Waals surface area contributed by atoms with Gasteiger partial charge in [0.25, 0.3) is 0 Å². The van der Waals surface area contributed by atoms with E-state index in [1.807, 2.05) is 6.07 Å². The van der Waals surface area contributed by atoms with Crippen molar-refractivity contribution in [2.24, 2.45) is 5.92 Å². The Labute approximate surface area is 129 Å². The minimum Gasteiger partial charge on any atom is -0.491 e. The average molecular weight is 291 g/mol. The lowest BCUT2D eigenvalue weighted by molar-refractivity contribution is 0.0754. The summed E-state index contributed by atoms with van der Waals surface area (Å²) in [6.45, 7) is 6.37. The molecule has 1 aliphatic rings. The van der Waals surface area contributed by atoms with E-state index in [1.54, 1.807) is 0 Å². The third kappa shape index (κ3) is 6.49. The van der Waals surface area contributed by atoms with Gasteiger partial charge in [-0.2, -0.15) is 0 Å². The summed E-state index contributed by atoms with van der Waals surface area (Å²) in [5, 5.41) is 3.41. The van der Waals surface area contributed by atoms with Crippen LogP contribution in [0, 0.1) is 5.92 Å². The third-order valence-corrected chi connectivity index (χ3v) is 3.98. The second-order valence-electron chi connectivity index (χ2n) is 5.90. The van der Waals surface area contributed by atoms with Gasteiger partial charge in [0.15, 0.2) is 0 Å². The maximum Gasteiger partial charge on any atom is 0.119 e. The summed E-state index contributed by atoms with van der Waals surface area (Å²) in [4.78, 5) is 0. The highest BCUT2D eigenvalue weighted by Gasteiger charge is 2.14. The molecule has 0 aliphatic heterocycles. The Morgan fingerprint density at radius 1 is 1.19 bits per heavy atom. The van der Waals surface area contributed by atoms with Gasteiger partial charge in [-0.15, -0.1) is 0 Å². The molecule has 0 atom stereocenters. The zero-order chi connectivity index (χ0) is 14.8. The van der Waals surface area contributed by atoms with Crippen LogP contribution in [0.2, 0.25) is 0 Å². The molecular formula is C18H29NO2. The van der Waals surface area contributed by atoms with Crippen molar-refractivity contribution in [1.29, 1.82) is 0 Å². The normalized spacial score (nSPS) is 15.5. The molecule has 0 amide bonds. The van der Waals surface area contributed by atoms with Gasteiger partial charge in [0.1, 0.15) is 12.4 Å². The summed E-state index contributed by atoms with van der Waals surface area (Å²) >= 11 is 0. The molecule has 0 saturated heterocycles. The molecule has 1 aromatic carbocycles. The Kier molecular flexibility index (Phi) is 7.61. The summed E-state index contributed by atoms with van der Waals surface area (Å²) in [6, 6.07) is 8.31. The average Bonchev–Trinajstić information content (AvgIpc) is 3.01. The molecule has 1 fully saturated rings. The maximum absolute atomic E-state index is 5.76. The second kappa shape index (κ2) is 9.80. The second-order valence-corrected chi connectivity index (χ2v) is 5.90. The van der Waals surface area contributed by atoms with Gasteiger partial charge in [-0.1, -0.05) is 31.9 Å². The first-order valence-corrected chi connectivity index (χ1v) is 8.38. The number of hydrogen-bond donors (Lipinski definition) is 1. The molecule has 1 aromatic rings. The molecule has 0 radical (unpaired) electrons. The highest BCUT2D eigenvalue weighted by Crippen LogP contribution is 2.24. The molecule has 0 unspecified atom stereocenters. The van der Waals surface area contributed by atoms with Gasteiger partial charge in [0.05, 0.1) is 6.61 Å². The highest BCUT2D eigenvalue weighted by atomic mass is 16.5. The number of benzene rings is 1. The molecule has 0 aromatic heterocycles. The predicted octanol–water partition coefficient (Wildman–Crippen LogP) is 3.77. The molecule has 3 heteroatoms. The summed E-state index contributed by atoms with van der Waals surface area (Å²) in [5.74, 6) is 1.73. The fourth-order valence-corrected chi connectivity index (χ4v) is 2.80. The molecule has 1 N–H and O–H groups in total. The van der Waals surface area contributed by atoms with E-state index in [9.17, 15) is 0 Å². The van der Waals surface area contributed by atoms with Crippen LogP contribution in [0.4, 0.5) is 0 Å². The topological polar surface area (TPSA) is 30.5 Å². The molecule has 21 heavy (non-hydrogen) atoms. The van der Waals surface area contributed by atoms with Crippen LogP contribution < -0.4 is 10.1 Å². The number of rotatable bonds is 10. The monoisotopic (exact) mass is 291 g/mol. The summed E-state index contributed by atoms with van der Waals surface area (Å²) in [5.41, 5.74) is 1.27. The van der Waals surface area contributed by atoms with Gasteiger partial charge in [0.2, 0.25) is 0 Å². The zero-order valence-electron chi connectivity index (χ0n) is 13.3. The first-order chi connectivity index (χ1) is 10.4. The van der Waals surface area contributed by atoms with E-state index in [0.717, 1.165) is 37.8 Å². The van der Waals surface area contributed by atoms with Crippen LogP contribution in [0.5, 0.6) is 5.75 Å². The first-order valence-electron chi connectivity index (χ1n) is 8.38. The van der Waals surface area contributed by atoms with Gasteiger partial charge in [-0.3, -0.25) is 0 Å². The van der Waals surface area contributed by atoms with Crippen molar-refractivity contribution in [2.45, 2.75) is 45.6 Å². The fourth-order valence-electron chi connectivity index (χ4n) is 2.80. The van der Waals surface area contributed by atoms with Crippen LogP contribution in [-0.2, 0) is 11.3 Å². The zero-order valence-corrected chi connectivity index (χ0v) is 13.3. The van der Waals surface area contributed by atoms with Crippen LogP contribution in [0.1, 0.15) is 44.6 Å². The van der Waals surface area contributed by atoms with Crippen molar-refractivity contribution in [2.75, 3.05) is 26.4 Å². The molecular weight excluding hydrogens is 262 g/mol. The van der Waals surface area contributed by atoms with E-state index in [4.69, 9.17) is 9.47 Å². The van der Waals surface area contributed by atoms with Crippen LogP contribution in [0.3, 0.4) is 0 Å². The Morgan fingerprint density at radius 2 is 2.05 bits per heavy atom. The first kappa shape index (κ1) is 16.3. The molecule has 3 nitrogen and oxygen atoms in total. The summed E-state index contributed by atoms with van der Waals surface area (Å²) < 4.78 is 11.5. The van der Waals surface area contributed by atoms with E-state index in [-0.39, 0.29) is 0 Å². The highest BCUT2D eigenvalue weighted by molar-refractivity contribution is 5.28.